The van der Waals surface area contributed by atoms with E-state index in [2.05, 4.69) is 5.32 Å². The van der Waals surface area contributed by atoms with Crippen LogP contribution < -0.4 is 10.6 Å². The molecule has 0 radical (unpaired) electrons. The number of halogens is 3. The van der Waals surface area contributed by atoms with Crippen molar-refractivity contribution in [3.05, 3.63) is 65.0 Å². The number of carbonyl (C=O) groups excluding carboxylic acids is 3. The standard InChI is InChI=1S/C18H12F3N3O4/c19-12-4-5-13(17(21)16(12)20)24-14(25)8-23-15(26)9-28-18(27)11-3-1-2-10(6-11)7-22/h1-6H,8-9H2,(H,23,26)(H,24,25). The van der Waals surface area contributed by atoms with Crippen molar-refractivity contribution in [3.63, 3.8) is 0 Å². The Balaban J connectivity index is 1.80. The topological polar surface area (TPSA) is 108 Å². The molecule has 0 heterocycles. The third-order valence-corrected chi connectivity index (χ3v) is 3.32. The van der Waals surface area contributed by atoms with Crippen LogP contribution in [-0.4, -0.2) is 30.9 Å². The summed E-state index contributed by atoms with van der Waals surface area (Å²) in [6.07, 6.45) is 0. The number of nitrogens with zero attached hydrogens (tertiary/aromatic N) is 1. The molecule has 2 aromatic rings. The molecule has 0 aliphatic rings. The van der Waals surface area contributed by atoms with E-state index in [9.17, 15) is 27.6 Å². The van der Waals surface area contributed by atoms with Crippen LogP contribution in [0.15, 0.2) is 36.4 Å². The second-order valence-corrected chi connectivity index (χ2v) is 5.32. The zero-order valence-corrected chi connectivity index (χ0v) is 14.1. The van der Waals surface area contributed by atoms with Gasteiger partial charge in [-0.3, -0.25) is 9.59 Å². The van der Waals surface area contributed by atoms with Crippen LogP contribution in [0.3, 0.4) is 0 Å². The number of rotatable bonds is 6. The highest BCUT2D eigenvalue weighted by Crippen LogP contribution is 2.19. The first kappa shape index (κ1) is 20.4. The summed E-state index contributed by atoms with van der Waals surface area (Å²) in [7, 11) is 0. The van der Waals surface area contributed by atoms with Gasteiger partial charge in [-0.25, -0.2) is 18.0 Å². The SMILES string of the molecule is N#Cc1cccc(C(=O)OCC(=O)NCC(=O)Nc2ccc(F)c(F)c2F)c1. The van der Waals surface area contributed by atoms with Gasteiger partial charge in [0.05, 0.1) is 29.4 Å². The lowest BCUT2D eigenvalue weighted by atomic mass is 10.1. The highest BCUT2D eigenvalue weighted by atomic mass is 19.2. The molecule has 0 fully saturated rings. The minimum atomic E-state index is -1.74. The lowest BCUT2D eigenvalue weighted by Gasteiger charge is -2.09. The number of hydrogen-bond acceptors (Lipinski definition) is 5. The first-order chi connectivity index (χ1) is 13.3. The van der Waals surface area contributed by atoms with E-state index < -0.39 is 54.1 Å². The number of nitrogens with one attached hydrogen (secondary N) is 2. The molecule has 0 bridgehead atoms. The second kappa shape index (κ2) is 9.18. The van der Waals surface area contributed by atoms with Gasteiger partial charge in [0.25, 0.3) is 5.91 Å². The minimum Gasteiger partial charge on any atom is -0.452 e. The van der Waals surface area contributed by atoms with Gasteiger partial charge >= 0.3 is 5.97 Å². The number of esters is 1. The van der Waals surface area contributed by atoms with Crippen molar-refractivity contribution < 1.29 is 32.3 Å². The van der Waals surface area contributed by atoms with Gasteiger partial charge < -0.3 is 15.4 Å². The average molecular weight is 391 g/mol. The van der Waals surface area contributed by atoms with Crippen LogP contribution in [0.25, 0.3) is 0 Å². The Labute approximate surface area is 156 Å². The van der Waals surface area contributed by atoms with E-state index in [1.165, 1.54) is 24.3 Å². The van der Waals surface area contributed by atoms with Crippen molar-refractivity contribution in [2.45, 2.75) is 0 Å². The summed E-state index contributed by atoms with van der Waals surface area (Å²) in [5.41, 5.74) is -0.291. The number of hydrogen-bond donors (Lipinski definition) is 2. The van der Waals surface area contributed by atoms with Gasteiger partial charge in [0, 0.05) is 0 Å². The van der Waals surface area contributed by atoms with Crippen LogP contribution in [0.2, 0.25) is 0 Å². The average Bonchev–Trinajstić information content (AvgIpc) is 2.70. The van der Waals surface area contributed by atoms with E-state index >= 15 is 0 Å². The van der Waals surface area contributed by atoms with Gasteiger partial charge in [-0.05, 0) is 30.3 Å². The molecule has 7 nitrogen and oxygen atoms in total. The van der Waals surface area contributed by atoms with Crippen LogP contribution in [0, 0.1) is 28.8 Å². The molecule has 0 aliphatic heterocycles. The molecule has 0 aliphatic carbocycles. The van der Waals surface area contributed by atoms with E-state index in [4.69, 9.17) is 10.00 Å². The largest absolute Gasteiger partial charge is 0.452 e. The molecule has 0 unspecified atom stereocenters. The predicted molar refractivity (Wildman–Crippen MR) is 89.4 cm³/mol. The Hall–Kier alpha value is -3.87. The van der Waals surface area contributed by atoms with Crippen LogP contribution in [0.4, 0.5) is 18.9 Å². The molecule has 2 amide bonds. The van der Waals surface area contributed by atoms with E-state index in [-0.39, 0.29) is 11.1 Å². The van der Waals surface area contributed by atoms with Gasteiger partial charge in [-0.15, -0.1) is 0 Å². The summed E-state index contributed by atoms with van der Waals surface area (Å²) in [5, 5.41) is 12.8. The van der Waals surface area contributed by atoms with Crippen molar-refractivity contribution >= 4 is 23.5 Å². The molecular formula is C18H12F3N3O4. The van der Waals surface area contributed by atoms with E-state index in [0.717, 1.165) is 6.07 Å². The normalized spacial score (nSPS) is 9.93. The molecule has 2 aromatic carbocycles. The number of carbonyl (C=O) groups is 3. The molecule has 28 heavy (non-hydrogen) atoms. The summed E-state index contributed by atoms with van der Waals surface area (Å²) >= 11 is 0. The first-order valence-corrected chi connectivity index (χ1v) is 7.69. The van der Waals surface area contributed by atoms with Gasteiger partial charge in [-0.2, -0.15) is 5.26 Å². The predicted octanol–water partition coefficient (Wildman–Crippen LogP) is 1.89. The highest BCUT2D eigenvalue weighted by Gasteiger charge is 2.16. The molecule has 2 N–H and O–H groups in total. The van der Waals surface area contributed by atoms with Crippen molar-refractivity contribution in [3.8, 4) is 6.07 Å². The van der Waals surface area contributed by atoms with Gasteiger partial charge in [0.1, 0.15) is 0 Å². The number of amides is 2. The van der Waals surface area contributed by atoms with E-state index in [1.807, 2.05) is 11.4 Å². The molecule has 0 atom stereocenters. The smallest absolute Gasteiger partial charge is 0.338 e. The lowest BCUT2D eigenvalue weighted by Crippen LogP contribution is -2.35. The van der Waals surface area contributed by atoms with Crippen molar-refractivity contribution in [2.75, 3.05) is 18.5 Å². The van der Waals surface area contributed by atoms with Crippen LogP contribution in [0.5, 0.6) is 0 Å². The van der Waals surface area contributed by atoms with Crippen molar-refractivity contribution in [2.24, 2.45) is 0 Å². The summed E-state index contributed by atoms with van der Waals surface area (Å²) in [6.45, 7) is -1.33. The fourth-order valence-electron chi connectivity index (χ4n) is 1.98. The Morgan fingerprint density at radius 2 is 1.79 bits per heavy atom. The third-order valence-electron chi connectivity index (χ3n) is 3.32. The number of ether oxygens (including phenoxy) is 1. The van der Waals surface area contributed by atoms with Gasteiger partial charge in [-0.1, -0.05) is 6.07 Å². The Bertz CT molecular complexity index is 973. The van der Waals surface area contributed by atoms with Gasteiger partial charge in [0.2, 0.25) is 5.91 Å². The molecule has 0 aromatic heterocycles. The summed E-state index contributed by atoms with van der Waals surface area (Å²) in [4.78, 5) is 35.1. The summed E-state index contributed by atoms with van der Waals surface area (Å²) < 4.78 is 44.1. The zero-order chi connectivity index (χ0) is 20.7. The fourth-order valence-corrected chi connectivity index (χ4v) is 1.98. The molecule has 10 heteroatoms. The van der Waals surface area contributed by atoms with Crippen molar-refractivity contribution in [1.29, 1.82) is 5.26 Å². The third kappa shape index (κ3) is 5.31. The Kier molecular flexibility index (Phi) is 6.70. The maximum absolute atomic E-state index is 13.5. The van der Waals surface area contributed by atoms with E-state index in [0.29, 0.717) is 6.07 Å². The first-order valence-electron chi connectivity index (χ1n) is 7.69. The Morgan fingerprint density at radius 1 is 1.04 bits per heavy atom. The zero-order valence-electron chi connectivity index (χ0n) is 14.1. The molecule has 144 valence electrons. The quantitative estimate of drug-likeness (QED) is 0.578. The monoisotopic (exact) mass is 391 g/mol. The van der Waals surface area contributed by atoms with Crippen LogP contribution >= 0.6 is 0 Å². The summed E-state index contributed by atoms with van der Waals surface area (Å²) in [5.74, 6) is -7.31. The Morgan fingerprint density at radius 3 is 2.50 bits per heavy atom. The maximum atomic E-state index is 13.5. The molecule has 0 saturated carbocycles. The molecular weight excluding hydrogens is 379 g/mol. The van der Waals surface area contributed by atoms with Gasteiger partial charge in [0.15, 0.2) is 24.1 Å². The number of anilines is 1. The second-order valence-electron chi connectivity index (χ2n) is 5.32. The van der Waals surface area contributed by atoms with Crippen molar-refractivity contribution in [1.82, 2.24) is 5.32 Å². The number of benzene rings is 2. The minimum absolute atomic E-state index is 0.0680. The fraction of sp³-hybridized carbons (Fsp3) is 0.111. The molecule has 2 rings (SSSR count). The van der Waals surface area contributed by atoms with Crippen LogP contribution in [0.1, 0.15) is 15.9 Å². The highest BCUT2D eigenvalue weighted by molar-refractivity contribution is 5.95. The van der Waals surface area contributed by atoms with Crippen LogP contribution in [-0.2, 0) is 14.3 Å². The summed E-state index contributed by atoms with van der Waals surface area (Å²) in [6, 6.07) is 8.93. The maximum Gasteiger partial charge on any atom is 0.338 e. The van der Waals surface area contributed by atoms with E-state index in [1.54, 1.807) is 0 Å². The molecule has 0 spiro atoms. The molecule has 0 saturated heterocycles. The lowest BCUT2D eigenvalue weighted by molar-refractivity contribution is -0.126. The number of nitriles is 1.